The van der Waals surface area contributed by atoms with Crippen molar-refractivity contribution in [3.63, 3.8) is 0 Å². The van der Waals surface area contributed by atoms with Crippen molar-refractivity contribution in [3.05, 3.63) is 0 Å². The molecule has 0 bridgehead atoms. The van der Waals surface area contributed by atoms with Gasteiger partial charge in [0.05, 0.1) is 39.3 Å². The van der Waals surface area contributed by atoms with Crippen LogP contribution in [0.3, 0.4) is 0 Å². The Morgan fingerprint density at radius 3 is 1.64 bits per heavy atom. The molecule has 0 aliphatic rings. The molecule has 0 fully saturated rings. The summed E-state index contributed by atoms with van der Waals surface area (Å²) in [5, 5.41) is 2.82. The molecular weight excluding hydrogens is 547 g/mol. The SMILES string of the molecule is CCCC[N+](CCCC)(CCCC)CCCCCCOC(=O)NCCCCCCN=C=O.F[P-](F)(F)(F)(F)F. The number of rotatable bonds is 23. The van der Waals surface area contributed by atoms with Crippen LogP contribution < -0.4 is 5.32 Å². The molecule has 0 radical (unpaired) electrons. The molecule has 0 unspecified atom stereocenters. The summed E-state index contributed by atoms with van der Waals surface area (Å²) in [6.45, 7) is 13.9. The van der Waals surface area contributed by atoms with Crippen LogP contribution in [0.25, 0.3) is 0 Å². The summed E-state index contributed by atoms with van der Waals surface area (Å²) in [5.74, 6) is 0. The standard InChI is InChI=1S/C26H51N3O3.F6P/c1-4-7-20-29(21-8-5-2,22-9-6-3)23-16-12-13-17-24-32-26(31)28-19-15-11-10-14-18-27-25-30;1-7(2,3,4,5)6/h4-24H2,1-3H3;/q;-1/p+1. The summed E-state index contributed by atoms with van der Waals surface area (Å²) in [4.78, 5) is 25.2. The first-order valence-corrected chi connectivity index (χ1v) is 16.5. The zero-order valence-corrected chi connectivity index (χ0v) is 25.1. The van der Waals surface area contributed by atoms with Crippen LogP contribution in [0.15, 0.2) is 4.99 Å². The summed E-state index contributed by atoms with van der Waals surface area (Å²) in [6.07, 6.45) is 17.6. The van der Waals surface area contributed by atoms with Crippen molar-refractivity contribution < 1.29 is 44.0 Å². The van der Waals surface area contributed by atoms with Crippen molar-refractivity contribution in [2.45, 2.75) is 111 Å². The Bertz CT molecular complexity index is 642. The van der Waals surface area contributed by atoms with Gasteiger partial charge < -0.3 is 14.5 Å². The number of isocyanates is 1. The van der Waals surface area contributed by atoms with Gasteiger partial charge in [-0.1, -0.05) is 52.9 Å². The zero-order valence-electron chi connectivity index (χ0n) is 24.2. The van der Waals surface area contributed by atoms with Gasteiger partial charge in [0.2, 0.25) is 6.08 Å². The normalized spacial score (nSPS) is 13.4. The molecule has 39 heavy (non-hydrogen) atoms. The van der Waals surface area contributed by atoms with E-state index in [0.29, 0.717) is 19.7 Å². The van der Waals surface area contributed by atoms with E-state index in [1.165, 1.54) is 82.0 Å². The molecule has 0 rings (SSSR count). The van der Waals surface area contributed by atoms with Gasteiger partial charge in [-0.25, -0.2) is 14.6 Å². The molecule has 1 N–H and O–H groups in total. The number of alkyl carbamates (subject to hydrolysis) is 1. The van der Waals surface area contributed by atoms with Crippen LogP contribution in [0, 0.1) is 0 Å². The Morgan fingerprint density at radius 1 is 0.718 bits per heavy atom. The van der Waals surface area contributed by atoms with Crippen molar-refractivity contribution in [2.75, 3.05) is 45.9 Å². The van der Waals surface area contributed by atoms with Gasteiger partial charge in [0, 0.05) is 6.54 Å². The molecule has 0 saturated carbocycles. The molecule has 0 spiro atoms. The Kier molecular flexibility index (Phi) is 20.9. The van der Waals surface area contributed by atoms with Gasteiger partial charge >= 0.3 is 39.1 Å². The fraction of sp³-hybridized carbons (Fsp3) is 0.923. The van der Waals surface area contributed by atoms with Crippen molar-refractivity contribution in [1.82, 2.24) is 5.32 Å². The van der Waals surface area contributed by atoms with E-state index in [-0.39, 0.29) is 6.09 Å². The predicted octanol–water partition coefficient (Wildman–Crippen LogP) is 9.77. The van der Waals surface area contributed by atoms with Crippen molar-refractivity contribution in [3.8, 4) is 0 Å². The maximum atomic E-state index is 11.7. The number of nitrogens with one attached hydrogen (secondary N) is 1. The van der Waals surface area contributed by atoms with E-state index in [1.54, 1.807) is 6.08 Å². The van der Waals surface area contributed by atoms with Gasteiger partial charge in [-0.15, -0.1) is 0 Å². The second kappa shape index (κ2) is 20.5. The quantitative estimate of drug-likeness (QED) is 0.0317. The number of nitrogens with zero attached hydrogens (tertiary/aromatic N) is 2. The average molecular weight is 600 g/mol. The van der Waals surface area contributed by atoms with Crippen LogP contribution >= 0.6 is 7.81 Å². The van der Waals surface area contributed by atoms with Crippen LogP contribution in [0.2, 0.25) is 0 Å². The number of carbonyl (C=O) groups is 1. The number of halogens is 6. The maximum absolute atomic E-state index is 11.7. The van der Waals surface area contributed by atoms with E-state index in [1.807, 2.05) is 0 Å². The molecular formula is C26H52F6N3O3P. The van der Waals surface area contributed by atoms with E-state index in [9.17, 15) is 34.8 Å². The molecule has 0 saturated heterocycles. The number of amides is 1. The number of aliphatic imine (C=N–C) groups is 1. The molecule has 0 aliphatic carbocycles. The number of hydrogen-bond acceptors (Lipinski definition) is 4. The monoisotopic (exact) mass is 599 g/mol. The summed E-state index contributed by atoms with van der Waals surface area (Å²) in [5.41, 5.74) is 0. The number of quaternary nitrogens is 1. The summed E-state index contributed by atoms with van der Waals surface area (Å²) in [6, 6.07) is 0. The van der Waals surface area contributed by atoms with E-state index < -0.39 is 7.81 Å². The topological polar surface area (TPSA) is 67.8 Å². The van der Waals surface area contributed by atoms with Crippen LogP contribution in [0.4, 0.5) is 30.0 Å². The Morgan fingerprint density at radius 2 is 1.15 bits per heavy atom. The number of unbranched alkanes of at least 4 members (excludes halogenated alkanes) is 9. The first-order chi connectivity index (χ1) is 18.1. The minimum atomic E-state index is -10.7. The van der Waals surface area contributed by atoms with E-state index in [2.05, 4.69) is 31.1 Å². The average Bonchev–Trinajstić information content (AvgIpc) is 2.83. The summed E-state index contributed by atoms with van der Waals surface area (Å²) < 4.78 is 65.8. The molecule has 236 valence electrons. The Balaban J connectivity index is 0. The van der Waals surface area contributed by atoms with E-state index in [0.717, 1.165) is 38.5 Å². The minimum absolute atomic E-state index is 0.301. The van der Waals surface area contributed by atoms with E-state index >= 15 is 0 Å². The fourth-order valence-electron chi connectivity index (χ4n) is 4.18. The fourth-order valence-corrected chi connectivity index (χ4v) is 4.18. The number of ether oxygens (including phenoxy) is 1. The van der Waals surface area contributed by atoms with E-state index in [4.69, 9.17) is 4.74 Å². The molecule has 0 aromatic rings. The molecule has 0 heterocycles. The molecule has 0 atom stereocenters. The van der Waals surface area contributed by atoms with Crippen molar-refractivity contribution >= 4 is 20.0 Å². The van der Waals surface area contributed by atoms with Crippen molar-refractivity contribution in [2.24, 2.45) is 4.99 Å². The zero-order chi connectivity index (χ0) is 30.2. The summed E-state index contributed by atoms with van der Waals surface area (Å²) in [7, 11) is -10.7. The third kappa shape index (κ3) is 36.6. The molecule has 0 aromatic carbocycles. The third-order valence-corrected chi connectivity index (χ3v) is 6.25. The molecule has 1 amide bonds. The molecule has 13 heteroatoms. The first kappa shape index (κ1) is 39.8. The van der Waals surface area contributed by atoms with Gasteiger partial charge in [0.1, 0.15) is 0 Å². The van der Waals surface area contributed by atoms with Gasteiger partial charge in [0.25, 0.3) is 0 Å². The molecule has 0 aromatic heterocycles. The van der Waals surface area contributed by atoms with Gasteiger partial charge in [-0.05, 0) is 57.8 Å². The van der Waals surface area contributed by atoms with Crippen molar-refractivity contribution in [1.29, 1.82) is 0 Å². The third-order valence-electron chi connectivity index (χ3n) is 6.25. The Hall–Kier alpha value is -1.38. The predicted molar refractivity (Wildman–Crippen MR) is 147 cm³/mol. The van der Waals surface area contributed by atoms with Gasteiger partial charge in [0.15, 0.2) is 0 Å². The van der Waals surface area contributed by atoms with Crippen LogP contribution in [-0.4, -0.2) is 62.5 Å². The van der Waals surface area contributed by atoms with Crippen LogP contribution in [0.5, 0.6) is 0 Å². The number of hydrogen-bond donors (Lipinski definition) is 1. The molecule has 6 nitrogen and oxygen atoms in total. The van der Waals surface area contributed by atoms with Gasteiger partial charge in [-0.2, -0.15) is 0 Å². The second-order valence-electron chi connectivity index (χ2n) is 10.1. The van der Waals surface area contributed by atoms with Gasteiger partial charge in [-0.3, -0.25) is 0 Å². The van der Waals surface area contributed by atoms with Crippen LogP contribution in [-0.2, 0) is 9.53 Å². The van der Waals surface area contributed by atoms with Crippen LogP contribution in [0.1, 0.15) is 111 Å². The summed E-state index contributed by atoms with van der Waals surface area (Å²) >= 11 is 0. The number of carbonyl (C=O) groups excluding carboxylic acids is 2. The second-order valence-corrected chi connectivity index (χ2v) is 12.0. The Labute approximate surface area is 231 Å². The molecule has 0 aliphatic heterocycles. The first-order valence-electron chi connectivity index (χ1n) is 14.4.